The highest BCUT2D eigenvalue weighted by molar-refractivity contribution is 5.76. The third-order valence-electron chi connectivity index (χ3n) is 2.73. The molecule has 1 aliphatic rings. The molecule has 0 radical (unpaired) electrons. The van der Waals surface area contributed by atoms with E-state index in [1.54, 1.807) is 0 Å². The van der Waals surface area contributed by atoms with E-state index in [2.05, 4.69) is 10.6 Å². The molecule has 1 rings (SSSR count). The Morgan fingerprint density at radius 3 is 2.88 bits per heavy atom. The summed E-state index contributed by atoms with van der Waals surface area (Å²) < 4.78 is 5.30. The molecule has 0 aliphatic carbocycles. The largest absolute Gasteiger partial charge is 0.381 e. The van der Waals surface area contributed by atoms with Gasteiger partial charge in [-0.1, -0.05) is 0 Å². The lowest BCUT2D eigenvalue weighted by Gasteiger charge is -2.10. The van der Waals surface area contributed by atoms with Crippen molar-refractivity contribution in [1.29, 1.82) is 0 Å². The molecule has 0 saturated carbocycles. The van der Waals surface area contributed by atoms with Crippen LogP contribution in [0.3, 0.4) is 0 Å². The first-order chi connectivity index (χ1) is 7.68. The van der Waals surface area contributed by atoms with Crippen molar-refractivity contribution in [3.05, 3.63) is 0 Å². The normalized spacial score (nSPS) is 20.3. The summed E-state index contributed by atoms with van der Waals surface area (Å²) in [6.45, 7) is 7.54. The molecule has 0 aromatic heterocycles. The topological polar surface area (TPSA) is 50.4 Å². The fourth-order valence-electron chi connectivity index (χ4n) is 1.84. The lowest BCUT2D eigenvalue weighted by atomic mass is 10.1. The maximum absolute atomic E-state index is 11.3. The van der Waals surface area contributed by atoms with Gasteiger partial charge in [0.05, 0.1) is 0 Å². The first kappa shape index (κ1) is 13.5. The van der Waals surface area contributed by atoms with Crippen LogP contribution in [0.4, 0.5) is 0 Å². The zero-order chi connectivity index (χ0) is 11.8. The molecule has 0 spiro atoms. The van der Waals surface area contributed by atoms with Crippen LogP contribution in [-0.4, -0.2) is 38.3 Å². The lowest BCUT2D eigenvalue weighted by Crippen LogP contribution is -2.32. The van der Waals surface area contributed by atoms with Crippen molar-refractivity contribution in [3.8, 4) is 0 Å². The number of nitrogens with one attached hydrogen (secondary N) is 2. The molecule has 1 heterocycles. The quantitative estimate of drug-likeness (QED) is 0.637. The minimum absolute atomic E-state index is 0.131. The van der Waals surface area contributed by atoms with E-state index in [0.29, 0.717) is 6.42 Å². The van der Waals surface area contributed by atoms with Crippen LogP contribution in [0.1, 0.15) is 33.1 Å². The third kappa shape index (κ3) is 6.08. The van der Waals surface area contributed by atoms with Crippen molar-refractivity contribution < 1.29 is 9.53 Å². The third-order valence-corrected chi connectivity index (χ3v) is 2.73. The SMILES string of the molecule is CC(C)NC(=O)CCNCCC1CCOC1. The van der Waals surface area contributed by atoms with Crippen molar-refractivity contribution in [2.45, 2.75) is 39.2 Å². The molecule has 0 aromatic carbocycles. The number of ether oxygens (including phenoxy) is 1. The second-order valence-electron chi connectivity index (χ2n) is 4.74. The van der Waals surface area contributed by atoms with Gasteiger partial charge >= 0.3 is 0 Å². The van der Waals surface area contributed by atoms with Crippen LogP contribution < -0.4 is 10.6 Å². The van der Waals surface area contributed by atoms with Gasteiger partial charge in [0.15, 0.2) is 0 Å². The summed E-state index contributed by atoms with van der Waals surface area (Å²) in [6, 6.07) is 0.239. The van der Waals surface area contributed by atoms with Gasteiger partial charge in [0.25, 0.3) is 0 Å². The van der Waals surface area contributed by atoms with Crippen molar-refractivity contribution >= 4 is 5.91 Å². The van der Waals surface area contributed by atoms with Crippen LogP contribution in [0.2, 0.25) is 0 Å². The highest BCUT2D eigenvalue weighted by Crippen LogP contribution is 2.14. The first-order valence-corrected chi connectivity index (χ1v) is 6.26. The summed E-state index contributed by atoms with van der Waals surface area (Å²) in [5.41, 5.74) is 0. The van der Waals surface area contributed by atoms with E-state index in [0.717, 1.165) is 38.6 Å². The maximum atomic E-state index is 11.3. The molecule has 0 aromatic rings. The van der Waals surface area contributed by atoms with Gasteiger partial charge in [-0.05, 0) is 39.2 Å². The van der Waals surface area contributed by atoms with Gasteiger partial charge in [0.1, 0.15) is 0 Å². The summed E-state index contributed by atoms with van der Waals surface area (Å²) in [6.07, 6.45) is 2.92. The minimum atomic E-state index is 0.131. The second kappa shape index (κ2) is 7.63. The molecular weight excluding hydrogens is 204 g/mol. The Hall–Kier alpha value is -0.610. The van der Waals surface area contributed by atoms with Gasteiger partial charge < -0.3 is 15.4 Å². The lowest BCUT2D eigenvalue weighted by molar-refractivity contribution is -0.121. The van der Waals surface area contributed by atoms with Crippen LogP contribution in [-0.2, 0) is 9.53 Å². The summed E-state index contributed by atoms with van der Waals surface area (Å²) >= 11 is 0. The number of amides is 1. The number of rotatable bonds is 7. The van der Waals surface area contributed by atoms with Crippen LogP contribution in [0.5, 0.6) is 0 Å². The molecule has 1 amide bonds. The average molecular weight is 228 g/mol. The molecule has 4 heteroatoms. The van der Waals surface area contributed by atoms with Gasteiger partial charge in [-0.3, -0.25) is 4.79 Å². The highest BCUT2D eigenvalue weighted by atomic mass is 16.5. The summed E-state index contributed by atoms with van der Waals surface area (Å²) in [7, 11) is 0. The number of hydrogen-bond acceptors (Lipinski definition) is 3. The summed E-state index contributed by atoms with van der Waals surface area (Å²) in [5, 5.41) is 6.18. The summed E-state index contributed by atoms with van der Waals surface area (Å²) in [5.74, 6) is 0.851. The van der Waals surface area contributed by atoms with Crippen LogP contribution in [0, 0.1) is 5.92 Å². The fraction of sp³-hybridized carbons (Fsp3) is 0.917. The van der Waals surface area contributed by atoms with E-state index in [1.807, 2.05) is 13.8 Å². The monoisotopic (exact) mass is 228 g/mol. The molecule has 1 saturated heterocycles. The van der Waals surface area contributed by atoms with E-state index in [-0.39, 0.29) is 11.9 Å². The van der Waals surface area contributed by atoms with Crippen molar-refractivity contribution in [3.63, 3.8) is 0 Å². The molecule has 0 bridgehead atoms. The van der Waals surface area contributed by atoms with E-state index in [4.69, 9.17) is 4.74 Å². The zero-order valence-electron chi connectivity index (χ0n) is 10.4. The Morgan fingerprint density at radius 1 is 1.44 bits per heavy atom. The highest BCUT2D eigenvalue weighted by Gasteiger charge is 2.14. The standard InChI is InChI=1S/C12H24N2O2/c1-10(2)14-12(15)4-7-13-6-3-11-5-8-16-9-11/h10-11,13H,3-9H2,1-2H3,(H,14,15). The van der Waals surface area contributed by atoms with Gasteiger partial charge in [0.2, 0.25) is 5.91 Å². The minimum Gasteiger partial charge on any atom is -0.381 e. The van der Waals surface area contributed by atoms with Crippen molar-refractivity contribution in [2.75, 3.05) is 26.3 Å². The van der Waals surface area contributed by atoms with Crippen LogP contribution in [0.15, 0.2) is 0 Å². The van der Waals surface area contributed by atoms with E-state index in [9.17, 15) is 4.79 Å². The molecular formula is C12H24N2O2. The van der Waals surface area contributed by atoms with Gasteiger partial charge in [-0.2, -0.15) is 0 Å². The van der Waals surface area contributed by atoms with Gasteiger partial charge in [-0.25, -0.2) is 0 Å². The molecule has 1 atom stereocenters. The van der Waals surface area contributed by atoms with Crippen LogP contribution in [0.25, 0.3) is 0 Å². The van der Waals surface area contributed by atoms with E-state index in [1.165, 1.54) is 6.42 Å². The predicted molar refractivity (Wildman–Crippen MR) is 64.3 cm³/mol. The van der Waals surface area contributed by atoms with Crippen molar-refractivity contribution in [1.82, 2.24) is 10.6 Å². The Kier molecular flexibility index (Phi) is 6.42. The zero-order valence-corrected chi connectivity index (χ0v) is 10.4. The van der Waals surface area contributed by atoms with E-state index < -0.39 is 0 Å². The number of hydrogen-bond donors (Lipinski definition) is 2. The van der Waals surface area contributed by atoms with Crippen molar-refractivity contribution in [2.24, 2.45) is 5.92 Å². The summed E-state index contributed by atoms with van der Waals surface area (Å²) in [4.78, 5) is 11.3. The Balaban J connectivity index is 1.89. The maximum Gasteiger partial charge on any atom is 0.221 e. The molecule has 2 N–H and O–H groups in total. The fourth-order valence-corrected chi connectivity index (χ4v) is 1.84. The first-order valence-electron chi connectivity index (χ1n) is 6.26. The van der Waals surface area contributed by atoms with Gasteiger partial charge in [0, 0.05) is 32.2 Å². The second-order valence-corrected chi connectivity index (χ2v) is 4.74. The molecule has 1 aliphatic heterocycles. The molecule has 1 unspecified atom stereocenters. The average Bonchev–Trinajstić information content (AvgIpc) is 2.68. The molecule has 16 heavy (non-hydrogen) atoms. The molecule has 94 valence electrons. The van der Waals surface area contributed by atoms with E-state index >= 15 is 0 Å². The molecule has 4 nitrogen and oxygen atoms in total. The molecule has 1 fully saturated rings. The number of carbonyl (C=O) groups excluding carboxylic acids is 1. The Labute approximate surface area is 98.1 Å². The van der Waals surface area contributed by atoms with Crippen LogP contribution >= 0.6 is 0 Å². The predicted octanol–water partition coefficient (Wildman–Crippen LogP) is 0.917. The Bertz CT molecular complexity index is 201. The number of carbonyl (C=O) groups is 1. The van der Waals surface area contributed by atoms with Gasteiger partial charge in [-0.15, -0.1) is 0 Å². The Morgan fingerprint density at radius 2 is 2.25 bits per heavy atom. The smallest absolute Gasteiger partial charge is 0.221 e.